The molecule has 2 fully saturated rings. The molecule has 144 valence electrons. The lowest BCUT2D eigenvalue weighted by Gasteiger charge is -2.38. The number of amides is 2. The van der Waals surface area contributed by atoms with E-state index in [0.29, 0.717) is 42.8 Å². The van der Waals surface area contributed by atoms with Crippen LogP contribution in [-0.4, -0.2) is 72.3 Å². The largest absolute Gasteiger partial charge is 0.467 e. The number of nitrogens with zero attached hydrogens (tertiary/aromatic N) is 3. The van der Waals surface area contributed by atoms with Gasteiger partial charge in [0.15, 0.2) is 0 Å². The zero-order valence-corrected chi connectivity index (χ0v) is 15.8. The third-order valence-electron chi connectivity index (χ3n) is 5.34. The van der Waals surface area contributed by atoms with Gasteiger partial charge in [0.2, 0.25) is 5.91 Å². The summed E-state index contributed by atoms with van der Waals surface area (Å²) in [4.78, 5) is 31.1. The summed E-state index contributed by atoms with van der Waals surface area (Å²) in [6.45, 7) is 9.59. The number of piperidine rings is 1. The van der Waals surface area contributed by atoms with Crippen molar-refractivity contribution in [3.63, 3.8) is 0 Å². The lowest BCUT2D eigenvalue weighted by Crippen LogP contribution is -2.53. The molecule has 0 radical (unpaired) electrons. The molecular formula is C19H30N4O3. The minimum Gasteiger partial charge on any atom is -0.467 e. The topological polar surface area (TPSA) is 83.0 Å². The number of hydrogen-bond acceptors (Lipinski definition) is 5. The summed E-state index contributed by atoms with van der Waals surface area (Å²) in [5.74, 6) is 1.95. The Hall–Kier alpha value is -1.86. The van der Waals surface area contributed by atoms with E-state index in [-0.39, 0.29) is 18.4 Å². The molecule has 0 aliphatic carbocycles. The van der Waals surface area contributed by atoms with Crippen LogP contribution in [0.25, 0.3) is 0 Å². The van der Waals surface area contributed by atoms with E-state index in [1.807, 2.05) is 9.80 Å². The van der Waals surface area contributed by atoms with Crippen molar-refractivity contribution in [2.75, 3.05) is 45.8 Å². The molecule has 2 aliphatic rings. The van der Waals surface area contributed by atoms with Crippen molar-refractivity contribution in [2.45, 2.75) is 26.8 Å². The number of piperazine rings is 1. The highest BCUT2D eigenvalue weighted by Crippen LogP contribution is 2.21. The van der Waals surface area contributed by atoms with Crippen molar-refractivity contribution >= 4 is 11.8 Å². The molecule has 2 aliphatic heterocycles. The number of furan rings is 1. The van der Waals surface area contributed by atoms with Crippen LogP contribution in [-0.2, 0) is 11.3 Å². The smallest absolute Gasteiger partial charge is 0.257 e. The Balaban J connectivity index is 1.47. The molecule has 7 nitrogen and oxygen atoms in total. The van der Waals surface area contributed by atoms with Crippen LogP contribution in [0.3, 0.4) is 0 Å². The predicted octanol–water partition coefficient (Wildman–Crippen LogP) is 1.00. The minimum absolute atomic E-state index is 0.0295. The van der Waals surface area contributed by atoms with Gasteiger partial charge < -0.3 is 20.0 Å². The Morgan fingerprint density at radius 2 is 1.77 bits per heavy atom. The lowest BCUT2D eigenvalue weighted by atomic mass is 9.92. The molecule has 2 unspecified atom stereocenters. The number of carbonyl (C=O) groups excluding carboxylic acids is 2. The minimum atomic E-state index is -0.0295. The summed E-state index contributed by atoms with van der Waals surface area (Å²) in [6, 6.07) is 1.71. The monoisotopic (exact) mass is 362 g/mol. The standard InChI is InChI=1S/C19H30N4O3/c1-14-7-15(2)11-23(10-14)18(24)12-21-3-5-22(6-4-21)19(25)16-8-17(9-20)26-13-16/h8,13-15H,3-7,9-12,20H2,1-2H3. The second-order valence-corrected chi connectivity index (χ2v) is 7.82. The second-order valence-electron chi connectivity index (χ2n) is 7.82. The fourth-order valence-corrected chi connectivity index (χ4v) is 4.05. The molecule has 0 saturated carbocycles. The zero-order chi connectivity index (χ0) is 18.7. The molecule has 2 amide bonds. The van der Waals surface area contributed by atoms with Gasteiger partial charge in [0.05, 0.1) is 18.7 Å². The summed E-state index contributed by atoms with van der Waals surface area (Å²) < 4.78 is 5.25. The van der Waals surface area contributed by atoms with Gasteiger partial charge in [-0.1, -0.05) is 13.8 Å². The molecule has 0 spiro atoms. The van der Waals surface area contributed by atoms with Gasteiger partial charge in [-0.3, -0.25) is 14.5 Å². The number of carbonyl (C=O) groups is 2. The Morgan fingerprint density at radius 1 is 1.12 bits per heavy atom. The zero-order valence-electron chi connectivity index (χ0n) is 15.8. The van der Waals surface area contributed by atoms with Gasteiger partial charge in [-0.2, -0.15) is 0 Å². The molecule has 2 atom stereocenters. The van der Waals surface area contributed by atoms with E-state index in [1.54, 1.807) is 6.07 Å². The summed E-state index contributed by atoms with van der Waals surface area (Å²) >= 11 is 0. The first kappa shape index (κ1) is 18.9. The van der Waals surface area contributed by atoms with Crippen LogP contribution in [0.15, 0.2) is 16.7 Å². The van der Waals surface area contributed by atoms with Crippen molar-refractivity contribution in [2.24, 2.45) is 17.6 Å². The average molecular weight is 362 g/mol. The molecule has 26 heavy (non-hydrogen) atoms. The first-order chi connectivity index (χ1) is 12.5. The first-order valence-electron chi connectivity index (χ1n) is 9.53. The summed E-state index contributed by atoms with van der Waals surface area (Å²) in [6.07, 6.45) is 2.67. The Kier molecular flexibility index (Phi) is 5.98. The summed E-state index contributed by atoms with van der Waals surface area (Å²) in [7, 11) is 0. The van der Waals surface area contributed by atoms with Crippen LogP contribution in [0.1, 0.15) is 36.4 Å². The van der Waals surface area contributed by atoms with Crippen LogP contribution in [0.5, 0.6) is 0 Å². The van der Waals surface area contributed by atoms with E-state index in [0.717, 1.165) is 26.2 Å². The molecular weight excluding hydrogens is 332 g/mol. The predicted molar refractivity (Wildman–Crippen MR) is 98.5 cm³/mol. The molecule has 2 saturated heterocycles. The average Bonchev–Trinajstić information content (AvgIpc) is 3.10. The third-order valence-corrected chi connectivity index (χ3v) is 5.34. The highest BCUT2D eigenvalue weighted by atomic mass is 16.3. The van der Waals surface area contributed by atoms with Gasteiger partial charge in [0.25, 0.3) is 5.91 Å². The van der Waals surface area contributed by atoms with Gasteiger partial charge in [0, 0.05) is 39.3 Å². The van der Waals surface area contributed by atoms with Crippen molar-refractivity contribution in [3.05, 3.63) is 23.7 Å². The Morgan fingerprint density at radius 3 is 2.35 bits per heavy atom. The number of rotatable bonds is 4. The molecule has 3 rings (SSSR count). The van der Waals surface area contributed by atoms with Gasteiger partial charge in [-0.05, 0) is 24.3 Å². The third kappa shape index (κ3) is 4.45. The maximum Gasteiger partial charge on any atom is 0.257 e. The normalized spacial score (nSPS) is 24.7. The van der Waals surface area contributed by atoms with Gasteiger partial charge in [0.1, 0.15) is 12.0 Å². The Labute approximate surface area is 155 Å². The number of nitrogens with two attached hydrogens (primary N) is 1. The fourth-order valence-electron chi connectivity index (χ4n) is 4.05. The van der Waals surface area contributed by atoms with E-state index < -0.39 is 0 Å². The molecule has 7 heteroatoms. The van der Waals surface area contributed by atoms with E-state index in [4.69, 9.17) is 10.2 Å². The maximum absolute atomic E-state index is 12.6. The van der Waals surface area contributed by atoms with Crippen molar-refractivity contribution < 1.29 is 14.0 Å². The highest BCUT2D eigenvalue weighted by molar-refractivity contribution is 5.94. The quantitative estimate of drug-likeness (QED) is 0.864. The molecule has 2 N–H and O–H groups in total. The lowest BCUT2D eigenvalue weighted by molar-refractivity contribution is -0.135. The number of likely N-dealkylation sites (tertiary alicyclic amines) is 1. The van der Waals surface area contributed by atoms with Crippen LogP contribution in [0.4, 0.5) is 0 Å². The van der Waals surface area contributed by atoms with E-state index in [2.05, 4.69) is 18.7 Å². The highest BCUT2D eigenvalue weighted by Gasteiger charge is 2.28. The molecule has 0 bridgehead atoms. The van der Waals surface area contributed by atoms with Crippen molar-refractivity contribution in [3.8, 4) is 0 Å². The van der Waals surface area contributed by atoms with Gasteiger partial charge in [-0.25, -0.2) is 0 Å². The van der Waals surface area contributed by atoms with Crippen LogP contribution >= 0.6 is 0 Å². The molecule has 1 aromatic heterocycles. The SMILES string of the molecule is CC1CC(C)CN(C(=O)CN2CCN(C(=O)c3coc(CN)c3)CC2)C1. The fraction of sp³-hybridized carbons (Fsp3) is 0.684. The molecule has 3 heterocycles. The Bertz CT molecular complexity index is 626. The van der Waals surface area contributed by atoms with E-state index in [1.165, 1.54) is 12.7 Å². The summed E-state index contributed by atoms with van der Waals surface area (Å²) in [5.41, 5.74) is 6.07. The van der Waals surface area contributed by atoms with E-state index in [9.17, 15) is 9.59 Å². The van der Waals surface area contributed by atoms with Crippen molar-refractivity contribution in [1.29, 1.82) is 0 Å². The molecule has 0 aromatic carbocycles. The second kappa shape index (κ2) is 8.22. The van der Waals surface area contributed by atoms with Gasteiger partial charge >= 0.3 is 0 Å². The van der Waals surface area contributed by atoms with E-state index >= 15 is 0 Å². The van der Waals surface area contributed by atoms with Crippen LogP contribution in [0.2, 0.25) is 0 Å². The summed E-state index contributed by atoms with van der Waals surface area (Å²) in [5, 5.41) is 0. The maximum atomic E-state index is 12.6. The molecule has 1 aromatic rings. The van der Waals surface area contributed by atoms with Crippen molar-refractivity contribution in [1.82, 2.24) is 14.7 Å². The van der Waals surface area contributed by atoms with Crippen LogP contribution in [0, 0.1) is 11.8 Å². The number of hydrogen-bond donors (Lipinski definition) is 1. The van der Waals surface area contributed by atoms with Gasteiger partial charge in [-0.15, -0.1) is 0 Å². The van der Waals surface area contributed by atoms with Crippen LogP contribution < -0.4 is 5.73 Å². The first-order valence-corrected chi connectivity index (χ1v) is 9.53.